The number of nitrogens with one attached hydrogen (secondary N) is 1. The minimum Gasteiger partial charge on any atom is -0.408 e. The molecule has 0 saturated carbocycles. The number of aromatic amines is 1. The molecule has 1 fully saturated rings. The zero-order valence-corrected chi connectivity index (χ0v) is 14.8. The van der Waals surface area contributed by atoms with Gasteiger partial charge in [-0.05, 0) is 38.4 Å². The van der Waals surface area contributed by atoms with Crippen LogP contribution in [-0.4, -0.2) is 39.1 Å². The second-order valence-corrected chi connectivity index (χ2v) is 6.88. The third-order valence-corrected chi connectivity index (χ3v) is 5.02. The first-order valence-corrected chi connectivity index (χ1v) is 8.99. The Morgan fingerprint density at radius 1 is 1.27 bits per heavy atom. The lowest BCUT2D eigenvalue weighted by molar-refractivity contribution is 0.198. The lowest BCUT2D eigenvalue weighted by atomic mass is 9.94. The Hall–Kier alpha value is -2.67. The average Bonchev–Trinajstić information content (AvgIpc) is 2.94. The second kappa shape index (κ2) is 6.92. The fourth-order valence-electron chi connectivity index (χ4n) is 3.78. The summed E-state index contributed by atoms with van der Waals surface area (Å²) in [6, 6.07) is 9.09. The van der Waals surface area contributed by atoms with E-state index in [2.05, 4.69) is 14.9 Å². The summed E-state index contributed by atoms with van der Waals surface area (Å²) in [6.45, 7) is 5.00. The summed E-state index contributed by atoms with van der Waals surface area (Å²) in [5.41, 5.74) is 2.22. The van der Waals surface area contributed by atoms with Crippen LogP contribution in [0.3, 0.4) is 0 Å². The van der Waals surface area contributed by atoms with Crippen LogP contribution >= 0.6 is 0 Å². The first kappa shape index (κ1) is 16.8. The number of hydrogen-bond acceptors (Lipinski definition) is 5. The molecule has 3 aromatic rings. The number of rotatable bonds is 4. The molecule has 7 heteroatoms. The van der Waals surface area contributed by atoms with E-state index in [0.717, 1.165) is 43.7 Å². The van der Waals surface area contributed by atoms with Gasteiger partial charge in [0.2, 0.25) is 0 Å². The van der Waals surface area contributed by atoms with Crippen LogP contribution in [0.15, 0.2) is 44.3 Å². The van der Waals surface area contributed by atoms with Crippen LogP contribution in [0.25, 0.3) is 11.1 Å². The van der Waals surface area contributed by atoms with E-state index >= 15 is 0 Å². The number of benzene rings is 1. The maximum atomic E-state index is 12.1. The van der Waals surface area contributed by atoms with Crippen molar-refractivity contribution in [3.63, 3.8) is 0 Å². The van der Waals surface area contributed by atoms with E-state index in [-0.39, 0.29) is 17.2 Å². The van der Waals surface area contributed by atoms with E-state index < -0.39 is 0 Å². The third-order valence-electron chi connectivity index (χ3n) is 5.02. The second-order valence-electron chi connectivity index (χ2n) is 6.88. The van der Waals surface area contributed by atoms with Gasteiger partial charge in [-0.15, -0.1) is 0 Å². The number of fused-ring (bicyclic) bond motifs is 1. The Morgan fingerprint density at radius 2 is 2.12 bits per heavy atom. The van der Waals surface area contributed by atoms with Crippen LogP contribution in [-0.2, 0) is 6.54 Å². The predicted octanol–water partition coefficient (Wildman–Crippen LogP) is 1.87. The largest absolute Gasteiger partial charge is 0.419 e. The van der Waals surface area contributed by atoms with E-state index in [1.807, 2.05) is 31.2 Å². The Bertz CT molecular complexity index is 1030. The molecule has 0 spiro atoms. The van der Waals surface area contributed by atoms with Gasteiger partial charge in [0.25, 0.3) is 5.56 Å². The number of aryl methyl sites for hydroxylation is 1. The molecule has 136 valence electrons. The maximum Gasteiger partial charge on any atom is 0.419 e. The SMILES string of the molecule is Cc1nc([C@@H]2CCCN(CCn3c(=O)oc4ccccc43)C2)cc(=O)[nH]1. The number of likely N-dealkylation sites (tertiary alicyclic amines) is 1. The predicted molar refractivity (Wildman–Crippen MR) is 98.5 cm³/mol. The van der Waals surface area contributed by atoms with Gasteiger partial charge >= 0.3 is 5.76 Å². The fraction of sp³-hybridized carbons (Fsp3) is 0.421. The third kappa shape index (κ3) is 3.35. The van der Waals surface area contributed by atoms with E-state index in [4.69, 9.17) is 4.42 Å². The van der Waals surface area contributed by atoms with E-state index in [0.29, 0.717) is 18.0 Å². The number of para-hydroxylation sites is 2. The quantitative estimate of drug-likeness (QED) is 0.773. The molecule has 0 radical (unpaired) electrons. The molecule has 4 rings (SSSR count). The highest BCUT2D eigenvalue weighted by Gasteiger charge is 2.23. The van der Waals surface area contributed by atoms with Crippen LogP contribution in [0.5, 0.6) is 0 Å². The Labute approximate surface area is 150 Å². The summed E-state index contributed by atoms with van der Waals surface area (Å²) in [5.74, 6) is 0.593. The lowest BCUT2D eigenvalue weighted by Gasteiger charge is -2.32. The standard InChI is InChI=1S/C19H22N4O3/c1-13-20-15(11-18(24)21-13)14-5-4-8-22(12-14)9-10-23-16-6-2-3-7-17(16)26-19(23)25/h2-3,6-7,11,14H,4-5,8-10,12H2,1H3,(H,20,21,24)/t14-/m1/s1. The van der Waals surface area contributed by atoms with Gasteiger partial charge in [0, 0.05) is 31.6 Å². The Balaban J connectivity index is 1.47. The van der Waals surface area contributed by atoms with Crippen LogP contribution in [0, 0.1) is 6.92 Å². The number of nitrogens with zero attached hydrogens (tertiary/aromatic N) is 3. The van der Waals surface area contributed by atoms with Gasteiger partial charge < -0.3 is 14.3 Å². The van der Waals surface area contributed by atoms with Gasteiger partial charge in [0.05, 0.1) is 11.2 Å². The first-order chi connectivity index (χ1) is 12.6. The van der Waals surface area contributed by atoms with E-state index in [9.17, 15) is 9.59 Å². The van der Waals surface area contributed by atoms with Crippen molar-refractivity contribution in [3.05, 3.63) is 62.8 Å². The molecule has 0 unspecified atom stereocenters. The zero-order valence-electron chi connectivity index (χ0n) is 14.8. The van der Waals surface area contributed by atoms with Crippen LogP contribution < -0.4 is 11.3 Å². The molecule has 0 amide bonds. The molecular formula is C19H22N4O3. The highest BCUT2D eigenvalue weighted by atomic mass is 16.4. The number of oxazole rings is 1. The average molecular weight is 354 g/mol. The van der Waals surface area contributed by atoms with Gasteiger partial charge in [0.1, 0.15) is 5.82 Å². The van der Waals surface area contributed by atoms with Crippen LogP contribution in [0.2, 0.25) is 0 Å². The molecular weight excluding hydrogens is 332 g/mol. The fourth-order valence-corrected chi connectivity index (χ4v) is 3.78. The maximum absolute atomic E-state index is 12.1. The molecule has 2 aromatic heterocycles. The van der Waals surface area contributed by atoms with Crippen molar-refractivity contribution in [2.24, 2.45) is 0 Å². The van der Waals surface area contributed by atoms with Gasteiger partial charge in [-0.25, -0.2) is 9.78 Å². The molecule has 1 aliphatic rings. The molecule has 3 heterocycles. The van der Waals surface area contributed by atoms with Crippen molar-refractivity contribution in [1.29, 1.82) is 0 Å². The van der Waals surface area contributed by atoms with Crippen molar-refractivity contribution >= 4 is 11.1 Å². The number of piperidine rings is 1. The Kier molecular flexibility index (Phi) is 4.46. The minimum atomic E-state index is -0.313. The van der Waals surface area contributed by atoms with Gasteiger partial charge in [0.15, 0.2) is 5.58 Å². The van der Waals surface area contributed by atoms with Crippen molar-refractivity contribution in [2.45, 2.75) is 32.2 Å². The monoisotopic (exact) mass is 354 g/mol. The highest BCUT2D eigenvalue weighted by Crippen LogP contribution is 2.25. The molecule has 1 aliphatic heterocycles. The molecule has 7 nitrogen and oxygen atoms in total. The summed E-state index contributed by atoms with van der Waals surface area (Å²) < 4.78 is 6.99. The smallest absolute Gasteiger partial charge is 0.408 e. The summed E-state index contributed by atoms with van der Waals surface area (Å²) in [6.07, 6.45) is 2.08. The Morgan fingerprint density at radius 3 is 2.96 bits per heavy atom. The minimum absolute atomic E-state index is 0.0963. The van der Waals surface area contributed by atoms with Crippen molar-refractivity contribution < 1.29 is 4.42 Å². The number of aromatic nitrogens is 3. The first-order valence-electron chi connectivity index (χ1n) is 8.99. The summed E-state index contributed by atoms with van der Waals surface area (Å²) in [7, 11) is 0. The van der Waals surface area contributed by atoms with Crippen molar-refractivity contribution in [1.82, 2.24) is 19.4 Å². The van der Waals surface area contributed by atoms with E-state index in [1.54, 1.807) is 10.6 Å². The summed E-state index contributed by atoms with van der Waals surface area (Å²) >= 11 is 0. The van der Waals surface area contributed by atoms with Crippen LogP contribution in [0.4, 0.5) is 0 Å². The number of hydrogen-bond donors (Lipinski definition) is 1. The topological polar surface area (TPSA) is 84.1 Å². The summed E-state index contributed by atoms with van der Waals surface area (Å²) in [4.78, 5) is 33.4. The van der Waals surface area contributed by atoms with Gasteiger partial charge in [-0.3, -0.25) is 9.36 Å². The molecule has 1 saturated heterocycles. The van der Waals surface area contributed by atoms with Crippen LogP contribution in [0.1, 0.15) is 30.3 Å². The molecule has 26 heavy (non-hydrogen) atoms. The van der Waals surface area contributed by atoms with Gasteiger partial charge in [-0.2, -0.15) is 0 Å². The zero-order chi connectivity index (χ0) is 18.1. The summed E-state index contributed by atoms with van der Waals surface area (Å²) in [5, 5.41) is 0. The highest BCUT2D eigenvalue weighted by molar-refractivity contribution is 5.72. The lowest BCUT2D eigenvalue weighted by Crippen LogP contribution is -2.38. The molecule has 1 N–H and O–H groups in total. The molecule has 1 atom stereocenters. The molecule has 0 bridgehead atoms. The van der Waals surface area contributed by atoms with E-state index in [1.165, 1.54) is 0 Å². The number of H-pyrrole nitrogens is 1. The van der Waals surface area contributed by atoms with Crippen molar-refractivity contribution in [3.8, 4) is 0 Å². The molecule has 0 aliphatic carbocycles. The van der Waals surface area contributed by atoms with Crippen molar-refractivity contribution in [2.75, 3.05) is 19.6 Å². The molecule has 1 aromatic carbocycles. The van der Waals surface area contributed by atoms with Gasteiger partial charge in [-0.1, -0.05) is 12.1 Å². The normalized spacial score (nSPS) is 18.4.